The highest BCUT2D eigenvalue weighted by Gasteiger charge is 1.84. The van der Waals surface area contributed by atoms with Gasteiger partial charge in [-0.25, -0.2) is 0 Å². The van der Waals surface area contributed by atoms with Crippen LogP contribution in [-0.4, -0.2) is 10.4 Å². The maximum Gasteiger partial charge on any atom is 0.0450 e. The summed E-state index contributed by atoms with van der Waals surface area (Å²) < 4.78 is 0. The van der Waals surface area contributed by atoms with Crippen LogP contribution >= 0.6 is 12.2 Å². The summed E-state index contributed by atoms with van der Waals surface area (Å²) in [5.74, 6) is 0. The summed E-state index contributed by atoms with van der Waals surface area (Å²) in [6.07, 6.45) is 2.41. The van der Waals surface area contributed by atoms with Gasteiger partial charge in [0.25, 0.3) is 0 Å². The highest BCUT2D eigenvalue weighted by Crippen LogP contribution is 1.90. The number of thiocarbonyl (C=S) groups is 1. The molecule has 0 aromatic carbocycles. The van der Waals surface area contributed by atoms with E-state index in [9.17, 15) is 0 Å². The van der Waals surface area contributed by atoms with Gasteiger partial charge < -0.3 is 0 Å². The second-order valence-corrected chi connectivity index (χ2v) is 1.95. The van der Waals surface area contributed by atoms with Crippen LogP contribution in [0.25, 0.3) is 0 Å². The highest BCUT2D eigenvalue weighted by atomic mass is 32.1. The van der Waals surface area contributed by atoms with Crippen molar-refractivity contribution in [2.45, 2.75) is 6.42 Å². The predicted octanol–water partition coefficient (Wildman–Crippen LogP) is 1.42. The van der Waals surface area contributed by atoms with Crippen LogP contribution in [0.4, 0.5) is 0 Å². The van der Waals surface area contributed by atoms with E-state index in [2.05, 4.69) is 23.3 Å². The largest absolute Gasteiger partial charge is 0.260 e. The molecule has 0 unspecified atom stereocenters. The zero-order valence-corrected chi connectivity index (χ0v) is 5.69. The van der Waals surface area contributed by atoms with E-state index in [0.717, 1.165) is 12.1 Å². The second kappa shape index (κ2) is 3.30. The molecule has 1 aromatic rings. The molecule has 0 N–H and O–H groups in total. The molecule has 0 aliphatic carbocycles. The van der Waals surface area contributed by atoms with Crippen LogP contribution in [0.3, 0.4) is 0 Å². The molecular weight excluding hydrogens is 130 g/mol. The Morgan fingerprint density at radius 1 is 1.78 bits per heavy atom. The quantitative estimate of drug-likeness (QED) is 0.570. The fourth-order valence-corrected chi connectivity index (χ4v) is 0.727. The molecule has 0 saturated heterocycles. The molecule has 1 heterocycles. The Kier molecular flexibility index (Phi) is 2.33. The maximum atomic E-state index is 4.66. The molecule has 9 heavy (non-hydrogen) atoms. The van der Waals surface area contributed by atoms with Crippen molar-refractivity contribution in [1.29, 1.82) is 0 Å². The van der Waals surface area contributed by atoms with Crippen molar-refractivity contribution in [1.82, 2.24) is 4.98 Å². The first kappa shape index (κ1) is 6.36. The Bertz CT molecular complexity index is 183. The molecule has 45 valence electrons. The van der Waals surface area contributed by atoms with E-state index in [4.69, 9.17) is 0 Å². The lowest BCUT2D eigenvalue weighted by Gasteiger charge is -1.89. The number of pyridine rings is 1. The van der Waals surface area contributed by atoms with Gasteiger partial charge in [-0.05, 0) is 11.4 Å². The van der Waals surface area contributed by atoms with Gasteiger partial charge in [0.15, 0.2) is 0 Å². The Hall–Kier alpha value is -0.760. The predicted molar refractivity (Wildman–Crippen MR) is 40.4 cm³/mol. The van der Waals surface area contributed by atoms with Crippen LogP contribution in [0.5, 0.6) is 0 Å². The minimum absolute atomic E-state index is 0.768. The van der Waals surface area contributed by atoms with Crippen LogP contribution < -0.4 is 0 Å². The van der Waals surface area contributed by atoms with E-state index in [1.54, 1.807) is 11.6 Å². The summed E-state index contributed by atoms with van der Waals surface area (Å²) in [5.41, 5.74) is 1.00. The van der Waals surface area contributed by atoms with Crippen molar-refractivity contribution < 1.29 is 0 Å². The van der Waals surface area contributed by atoms with Crippen molar-refractivity contribution in [2.24, 2.45) is 0 Å². The molecule has 0 fully saturated rings. The Morgan fingerprint density at radius 2 is 2.67 bits per heavy atom. The minimum atomic E-state index is 0.768. The molecule has 1 rings (SSSR count). The van der Waals surface area contributed by atoms with E-state index >= 15 is 0 Å². The molecule has 1 aromatic heterocycles. The molecule has 0 aliphatic heterocycles. The number of hydrogen-bond acceptors (Lipinski definition) is 2. The zero-order valence-electron chi connectivity index (χ0n) is 4.87. The number of nitrogens with zero attached hydrogens (tertiary/aromatic N) is 1. The molecule has 0 aliphatic rings. The third-order valence-corrected chi connectivity index (χ3v) is 1.14. The zero-order chi connectivity index (χ0) is 6.53. The van der Waals surface area contributed by atoms with Gasteiger partial charge in [-0.15, -0.1) is 0 Å². The van der Waals surface area contributed by atoms with Gasteiger partial charge in [0.1, 0.15) is 0 Å². The number of aromatic nitrogens is 1. The first-order valence-corrected chi connectivity index (χ1v) is 3.15. The molecule has 2 heteroatoms. The van der Waals surface area contributed by atoms with E-state index < -0.39 is 0 Å². The molecule has 0 saturated carbocycles. The summed E-state index contributed by atoms with van der Waals surface area (Å²) >= 11 is 4.66. The second-order valence-electron chi connectivity index (χ2n) is 1.62. The Labute approximate surface area is 59.7 Å². The molecule has 1 radical (unpaired) electrons. The van der Waals surface area contributed by atoms with Crippen LogP contribution in [0.1, 0.15) is 5.69 Å². The van der Waals surface area contributed by atoms with Crippen molar-refractivity contribution in [3.63, 3.8) is 0 Å². The molecule has 0 atom stereocenters. The van der Waals surface area contributed by atoms with Gasteiger partial charge >= 0.3 is 0 Å². The first-order chi connectivity index (χ1) is 4.43. The average Bonchev–Trinajstić information content (AvgIpc) is 1.91. The highest BCUT2D eigenvalue weighted by molar-refractivity contribution is 7.78. The number of rotatable bonds is 2. The summed E-state index contributed by atoms with van der Waals surface area (Å²) in [6, 6.07) is 6.57. The van der Waals surface area contributed by atoms with Crippen LogP contribution in [0.2, 0.25) is 0 Å². The fraction of sp³-hybridized carbons (Fsp3) is 0.143. The van der Waals surface area contributed by atoms with Crippen molar-refractivity contribution in [2.75, 3.05) is 0 Å². The fourth-order valence-electron chi connectivity index (χ4n) is 0.557. The topological polar surface area (TPSA) is 12.9 Å². The summed E-state index contributed by atoms with van der Waals surface area (Å²) in [5, 5.41) is 1.67. The average molecular weight is 136 g/mol. The van der Waals surface area contributed by atoms with Gasteiger partial charge in [-0.3, -0.25) is 4.98 Å². The monoisotopic (exact) mass is 136 g/mol. The van der Waals surface area contributed by atoms with Crippen LogP contribution in [-0.2, 0) is 6.42 Å². The standard InChI is InChI=1S/C7H6NS/c9-6-4-7-3-1-2-5-8-7/h1,3,5-6H,4H2. The SMILES string of the molecule is S=CCc1cc[c]cn1. The van der Waals surface area contributed by atoms with Gasteiger partial charge in [0.05, 0.1) is 0 Å². The van der Waals surface area contributed by atoms with Crippen LogP contribution in [0.15, 0.2) is 18.3 Å². The molecule has 1 nitrogen and oxygen atoms in total. The first-order valence-electron chi connectivity index (χ1n) is 2.68. The van der Waals surface area contributed by atoms with Gasteiger partial charge in [-0.2, -0.15) is 0 Å². The lowest BCUT2D eigenvalue weighted by atomic mass is 10.3. The molecule has 0 amide bonds. The molecule has 0 spiro atoms. The van der Waals surface area contributed by atoms with Crippen molar-refractivity contribution in [3.8, 4) is 0 Å². The Morgan fingerprint density at radius 3 is 3.22 bits per heavy atom. The third-order valence-electron chi connectivity index (χ3n) is 0.969. The van der Waals surface area contributed by atoms with Crippen LogP contribution in [0, 0.1) is 6.07 Å². The summed E-state index contributed by atoms with van der Waals surface area (Å²) in [4.78, 5) is 4.02. The van der Waals surface area contributed by atoms with E-state index in [1.807, 2.05) is 12.1 Å². The molecule has 0 bridgehead atoms. The summed E-state index contributed by atoms with van der Waals surface area (Å²) in [6.45, 7) is 0. The summed E-state index contributed by atoms with van der Waals surface area (Å²) in [7, 11) is 0. The maximum absolute atomic E-state index is 4.66. The lowest BCUT2D eigenvalue weighted by Crippen LogP contribution is -1.86. The smallest absolute Gasteiger partial charge is 0.0450 e. The Balaban J connectivity index is 2.72. The van der Waals surface area contributed by atoms with Crippen molar-refractivity contribution in [3.05, 3.63) is 30.1 Å². The van der Waals surface area contributed by atoms with Gasteiger partial charge in [0.2, 0.25) is 0 Å². The normalized spacial score (nSPS) is 8.89. The van der Waals surface area contributed by atoms with E-state index in [-0.39, 0.29) is 0 Å². The third kappa shape index (κ3) is 1.90. The number of hydrogen-bond donors (Lipinski definition) is 0. The van der Waals surface area contributed by atoms with Gasteiger partial charge in [0, 0.05) is 24.4 Å². The van der Waals surface area contributed by atoms with E-state index in [0.29, 0.717) is 0 Å². The van der Waals surface area contributed by atoms with E-state index in [1.165, 1.54) is 0 Å². The van der Waals surface area contributed by atoms with Gasteiger partial charge in [-0.1, -0.05) is 18.3 Å². The molecular formula is C7H6NS. The minimum Gasteiger partial charge on any atom is -0.260 e. The lowest BCUT2D eigenvalue weighted by molar-refractivity contribution is 1.16. The van der Waals surface area contributed by atoms with Crippen molar-refractivity contribution >= 4 is 17.6 Å².